The Kier molecular flexibility index (Phi) is 51.5. The summed E-state index contributed by atoms with van der Waals surface area (Å²) in [6, 6.07) is -0.711. The van der Waals surface area contributed by atoms with Crippen molar-refractivity contribution in [3.63, 3.8) is 0 Å². The van der Waals surface area contributed by atoms with Gasteiger partial charge in [0.25, 0.3) is 0 Å². The molecule has 0 bridgehead atoms. The lowest BCUT2D eigenvalue weighted by atomic mass is 10.0. The molecule has 0 rings (SSSR count). The third-order valence-electron chi connectivity index (χ3n) is 12.8. The van der Waals surface area contributed by atoms with Gasteiger partial charge in [-0.15, -0.1) is 0 Å². The van der Waals surface area contributed by atoms with E-state index in [2.05, 4.69) is 86.8 Å². The minimum atomic E-state index is -0.796. The van der Waals surface area contributed by atoms with E-state index in [9.17, 15) is 19.8 Å². The van der Waals surface area contributed by atoms with Crippen molar-refractivity contribution >= 4 is 11.9 Å². The summed E-state index contributed by atoms with van der Waals surface area (Å²) in [6.07, 6.45) is 67.1. The molecule has 6 heteroatoms. The van der Waals surface area contributed by atoms with Gasteiger partial charge in [-0.05, 0) is 89.9 Å². The molecule has 3 atom stereocenters. The first kappa shape index (κ1) is 63.6. The Hall–Kier alpha value is -2.44. The van der Waals surface area contributed by atoms with Crippen molar-refractivity contribution in [2.24, 2.45) is 0 Å². The maximum absolute atomic E-state index is 13.3. The molecule has 66 heavy (non-hydrogen) atoms. The Bertz CT molecular complexity index is 1170. The van der Waals surface area contributed by atoms with Gasteiger partial charge in [0.15, 0.2) is 0 Å². The number of rotatable bonds is 51. The van der Waals surface area contributed by atoms with Gasteiger partial charge in [-0.25, -0.2) is 0 Å². The first-order valence-electron chi connectivity index (χ1n) is 28.5. The summed E-state index contributed by atoms with van der Waals surface area (Å²) in [7, 11) is 0. The lowest BCUT2D eigenvalue weighted by Crippen LogP contribution is -2.46. The Labute approximate surface area is 409 Å². The quantitative estimate of drug-likeness (QED) is 0.0321. The monoisotopic (exact) mass is 924 g/mol. The average molecular weight is 925 g/mol. The Morgan fingerprint density at radius 2 is 0.818 bits per heavy atom. The Balaban J connectivity index is 4.59. The fourth-order valence-corrected chi connectivity index (χ4v) is 8.53. The third-order valence-corrected chi connectivity index (χ3v) is 12.8. The number of aliphatic hydroxyl groups excluding tert-OH is 2. The van der Waals surface area contributed by atoms with Crippen molar-refractivity contribution in [1.82, 2.24) is 5.32 Å². The van der Waals surface area contributed by atoms with E-state index in [0.29, 0.717) is 19.3 Å². The number of carbonyl (C=O) groups is 2. The molecule has 384 valence electrons. The number of allylic oxidation sites excluding steroid dienone is 10. The van der Waals surface area contributed by atoms with Crippen molar-refractivity contribution in [1.29, 1.82) is 0 Å². The molecule has 1 amide bonds. The highest BCUT2D eigenvalue weighted by Gasteiger charge is 2.24. The predicted molar refractivity (Wildman–Crippen MR) is 287 cm³/mol. The van der Waals surface area contributed by atoms with Crippen molar-refractivity contribution in [2.75, 3.05) is 6.61 Å². The molecule has 0 aromatic rings. The Morgan fingerprint density at radius 1 is 0.455 bits per heavy atom. The summed E-state index contributed by atoms with van der Waals surface area (Å²) >= 11 is 0. The normalized spacial score (nSPS) is 13.6. The van der Waals surface area contributed by atoms with Gasteiger partial charge in [-0.3, -0.25) is 9.59 Å². The number of carbonyl (C=O) groups excluding carboxylic acids is 2. The van der Waals surface area contributed by atoms with Gasteiger partial charge in [-0.2, -0.15) is 0 Å². The van der Waals surface area contributed by atoms with E-state index in [0.717, 1.165) is 103 Å². The fraction of sp³-hybridized carbons (Fsp3) is 0.800. The first-order valence-corrected chi connectivity index (χ1v) is 28.5. The highest BCUT2D eigenvalue weighted by atomic mass is 16.5. The molecule has 0 spiro atoms. The second-order valence-corrected chi connectivity index (χ2v) is 19.3. The zero-order valence-corrected chi connectivity index (χ0v) is 43.8. The first-order chi connectivity index (χ1) is 32.5. The van der Waals surface area contributed by atoms with Crippen LogP contribution >= 0.6 is 0 Å². The van der Waals surface area contributed by atoms with Crippen LogP contribution in [0.1, 0.15) is 284 Å². The molecule has 0 aliphatic rings. The van der Waals surface area contributed by atoms with Crippen molar-refractivity contribution in [3.8, 4) is 0 Å². The van der Waals surface area contributed by atoms with E-state index in [1.54, 1.807) is 0 Å². The van der Waals surface area contributed by atoms with Gasteiger partial charge in [0.1, 0.15) is 6.10 Å². The van der Waals surface area contributed by atoms with E-state index in [4.69, 9.17) is 4.74 Å². The zero-order valence-electron chi connectivity index (χ0n) is 43.8. The molecule has 3 unspecified atom stereocenters. The van der Waals surface area contributed by atoms with E-state index < -0.39 is 18.2 Å². The smallest absolute Gasteiger partial charge is 0.306 e. The van der Waals surface area contributed by atoms with Crippen LogP contribution in [-0.2, 0) is 14.3 Å². The molecule has 0 aliphatic carbocycles. The second-order valence-electron chi connectivity index (χ2n) is 19.3. The highest BCUT2D eigenvalue weighted by Crippen LogP contribution is 2.18. The van der Waals surface area contributed by atoms with Crippen LogP contribution in [0.15, 0.2) is 60.8 Å². The summed E-state index contributed by atoms with van der Waals surface area (Å²) in [5.74, 6) is -0.501. The predicted octanol–water partition coefficient (Wildman–Crippen LogP) is 17.6. The Morgan fingerprint density at radius 3 is 1.27 bits per heavy atom. The van der Waals surface area contributed by atoms with Gasteiger partial charge >= 0.3 is 5.97 Å². The number of nitrogens with one attached hydrogen (secondary N) is 1. The second kappa shape index (κ2) is 53.5. The number of ether oxygens (including phenoxy) is 1. The highest BCUT2D eigenvalue weighted by molar-refractivity contribution is 5.77. The van der Waals surface area contributed by atoms with Crippen LogP contribution in [0.2, 0.25) is 0 Å². The molecule has 3 N–H and O–H groups in total. The van der Waals surface area contributed by atoms with Crippen LogP contribution in [0.3, 0.4) is 0 Å². The van der Waals surface area contributed by atoms with E-state index in [1.807, 2.05) is 0 Å². The lowest BCUT2D eigenvalue weighted by molar-refractivity contribution is -0.151. The molecule has 0 aromatic heterocycles. The zero-order chi connectivity index (χ0) is 48.1. The molecule has 0 heterocycles. The minimum Gasteiger partial charge on any atom is -0.462 e. The molecular formula is C60H109NO5. The van der Waals surface area contributed by atoms with Crippen LogP contribution in [0.25, 0.3) is 0 Å². The minimum absolute atomic E-state index is 0.0626. The number of unbranched alkanes of at least 4 members (excludes halogenated alkanes) is 29. The summed E-state index contributed by atoms with van der Waals surface area (Å²) < 4.78 is 5.95. The SMILES string of the molecule is CC/C=C/C/C=C/C/C=C/CCCCCCC(=O)OC(CCCCCCCCC/C=C\C/C=C\CCCCC)CC(=O)NC(CO)C(O)CCCCCCCCCCCCCCCCCC. The van der Waals surface area contributed by atoms with Gasteiger partial charge in [0, 0.05) is 6.42 Å². The molecule has 6 nitrogen and oxygen atoms in total. The molecule has 0 saturated heterocycles. The maximum Gasteiger partial charge on any atom is 0.306 e. The van der Waals surface area contributed by atoms with Gasteiger partial charge < -0.3 is 20.3 Å². The molecule has 0 fully saturated rings. The van der Waals surface area contributed by atoms with Crippen LogP contribution in [0, 0.1) is 0 Å². The van der Waals surface area contributed by atoms with Gasteiger partial charge in [0.2, 0.25) is 5.91 Å². The van der Waals surface area contributed by atoms with Crippen LogP contribution < -0.4 is 5.32 Å². The van der Waals surface area contributed by atoms with E-state index in [-0.39, 0.29) is 24.9 Å². The van der Waals surface area contributed by atoms with E-state index >= 15 is 0 Å². The van der Waals surface area contributed by atoms with E-state index in [1.165, 1.54) is 135 Å². The van der Waals surface area contributed by atoms with Crippen molar-refractivity contribution in [3.05, 3.63) is 60.8 Å². The number of aliphatic hydroxyl groups is 2. The molecule has 0 saturated carbocycles. The van der Waals surface area contributed by atoms with Gasteiger partial charge in [0.05, 0.1) is 25.2 Å². The molecule has 0 aliphatic heterocycles. The number of esters is 1. The third kappa shape index (κ3) is 48.0. The largest absolute Gasteiger partial charge is 0.462 e. The summed E-state index contributed by atoms with van der Waals surface area (Å²) in [4.78, 5) is 26.3. The topological polar surface area (TPSA) is 95.9 Å². The van der Waals surface area contributed by atoms with Crippen molar-refractivity contribution < 1.29 is 24.5 Å². The standard InChI is InChI=1S/C60H109NO5/c1-4-7-10-13-16-19-22-25-28-30-31-33-36-39-42-45-48-51-56(66-60(65)53-50-47-44-41-38-35-27-24-21-18-15-12-9-6-3)54-59(64)61-57(55-62)58(63)52-49-46-43-40-37-34-32-29-26-23-20-17-14-11-8-5-2/h9,12,16,18-19,21,25,27-28,35,56-58,62-63H,4-8,10-11,13-15,17,20,22-24,26,29-34,36-55H2,1-3H3,(H,61,64)/b12-9+,19-16-,21-18+,28-25-,35-27+. The summed E-state index contributed by atoms with van der Waals surface area (Å²) in [5, 5.41) is 23.9. The van der Waals surface area contributed by atoms with Crippen LogP contribution in [-0.4, -0.2) is 46.9 Å². The summed E-state index contributed by atoms with van der Waals surface area (Å²) in [6.45, 7) is 6.36. The number of amides is 1. The lowest BCUT2D eigenvalue weighted by Gasteiger charge is -2.24. The number of hydrogen-bond acceptors (Lipinski definition) is 5. The summed E-state index contributed by atoms with van der Waals surface area (Å²) in [5.41, 5.74) is 0. The van der Waals surface area contributed by atoms with Crippen molar-refractivity contribution in [2.45, 2.75) is 302 Å². The number of hydrogen-bond donors (Lipinski definition) is 3. The molecule has 0 radical (unpaired) electrons. The van der Waals surface area contributed by atoms with Gasteiger partial charge in [-0.1, -0.05) is 242 Å². The molecule has 0 aromatic carbocycles. The van der Waals surface area contributed by atoms with Crippen LogP contribution in [0.5, 0.6) is 0 Å². The van der Waals surface area contributed by atoms with Crippen LogP contribution in [0.4, 0.5) is 0 Å². The fourth-order valence-electron chi connectivity index (χ4n) is 8.53. The maximum atomic E-state index is 13.3. The molecular weight excluding hydrogens is 815 g/mol. The average Bonchev–Trinajstić information content (AvgIpc) is 3.31.